The lowest BCUT2D eigenvalue weighted by Gasteiger charge is -2.30. The Kier molecular flexibility index (Phi) is 6.45. The Balaban J connectivity index is 0.000000561. The molecule has 0 bridgehead atoms. The van der Waals surface area contributed by atoms with Crippen molar-refractivity contribution in [2.24, 2.45) is 11.8 Å². The van der Waals surface area contributed by atoms with Crippen molar-refractivity contribution >= 4 is 0 Å². The third kappa shape index (κ3) is 4.10. The number of hydrogen-bond donors (Lipinski definition) is 0. The van der Waals surface area contributed by atoms with Crippen LogP contribution in [0.25, 0.3) is 0 Å². The molecular weight excluding hydrogens is 148 g/mol. The van der Waals surface area contributed by atoms with E-state index in [9.17, 15) is 0 Å². The highest BCUT2D eigenvalue weighted by Gasteiger charge is 2.22. The van der Waals surface area contributed by atoms with Gasteiger partial charge in [0.1, 0.15) is 0 Å². The van der Waals surface area contributed by atoms with Gasteiger partial charge in [-0.2, -0.15) is 0 Å². The van der Waals surface area contributed by atoms with Crippen LogP contribution in [0.2, 0.25) is 0 Å². The molecule has 0 N–H and O–H groups in total. The second kappa shape index (κ2) is 6.47. The van der Waals surface area contributed by atoms with E-state index < -0.39 is 0 Å². The second-order valence-corrected chi connectivity index (χ2v) is 3.78. The fraction of sp³-hybridized carbons (Fsp3) is 1.00. The average molecular weight is 172 g/mol. The molecule has 1 aliphatic rings. The van der Waals surface area contributed by atoms with Crippen molar-refractivity contribution in [3.63, 3.8) is 0 Å². The molecule has 0 saturated heterocycles. The van der Waals surface area contributed by atoms with Gasteiger partial charge in [0.05, 0.1) is 6.10 Å². The van der Waals surface area contributed by atoms with Crippen LogP contribution >= 0.6 is 0 Å². The smallest absolute Gasteiger partial charge is 0.0576 e. The van der Waals surface area contributed by atoms with E-state index >= 15 is 0 Å². The third-order valence-electron chi connectivity index (χ3n) is 2.47. The van der Waals surface area contributed by atoms with Gasteiger partial charge in [-0.05, 0) is 31.1 Å². The van der Waals surface area contributed by atoms with E-state index in [1.807, 2.05) is 21.0 Å². The summed E-state index contributed by atoms with van der Waals surface area (Å²) in [5, 5.41) is 0. The molecule has 0 heterocycles. The SMILES string of the molecule is CC.COC1CC(C)CC(C)C1. The zero-order valence-corrected chi connectivity index (χ0v) is 9.26. The van der Waals surface area contributed by atoms with Crippen LogP contribution in [0, 0.1) is 11.8 Å². The van der Waals surface area contributed by atoms with Gasteiger partial charge in [-0.3, -0.25) is 0 Å². The van der Waals surface area contributed by atoms with Crippen molar-refractivity contribution < 1.29 is 4.74 Å². The van der Waals surface area contributed by atoms with E-state index in [0.717, 1.165) is 11.8 Å². The van der Waals surface area contributed by atoms with Crippen molar-refractivity contribution in [2.75, 3.05) is 7.11 Å². The van der Waals surface area contributed by atoms with Crippen molar-refractivity contribution in [1.29, 1.82) is 0 Å². The van der Waals surface area contributed by atoms with Crippen molar-refractivity contribution in [1.82, 2.24) is 0 Å². The summed E-state index contributed by atoms with van der Waals surface area (Å²) < 4.78 is 5.33. The number of hydrogen-bond acceptors (Lipinski definition) is 1. The molecule has 0 aliphatic heterocycles. The van der Waals surface area contributed by atoms with E-state index in [2.05, 4.69) is 13.8 Å². The van der Waals surface area contributed by atoms with E-state index in [1.165, 1.54) is 19.3 Å². The van der Waals surface area contributed by atoms with Crippen molar-refractivity contribution in [3.8, 4) is 0 Å². The van der Waals surface area contributed by atoms with Crippen LogP contribution in [0.4, 0.5) is 0 Å². The first kappa shape index (κ1) is 12.0. The first-order chi connectivity index (χ1) is 5.72. The van der Waals surface area contributed by atoms with Gasteiger partial charge >= 0.3 is 0 Å². The maximum Gasteiger partial charge on any atom is 0.0576 e. The van der Waals surface area contributed by atoms with Crippen LogP contribution in [-0.4, -0.2) is 13.2 Å². The molecule has 12 heavy (non-hydrogen) atoms. The van der Waals surface area contributed by atoms with Gasteiger partial charge in [0.25, 0.3) is 0 Å². The van der Waals surface area contributed by atoms with Gasteiger partial charge in [-0.25, -0.2) is 0 Å². The van der Waals surface area contributed by atoms with Crippen LogP contribution < -0.4 is 0 Å². The van der Waals surface area contributed by atoms with Crippen LogP contribution in [0.5, 0.6) is 0 Å². The molecule has 1 nitrogen and oxygen atoms in total. The normalized spacial score (nSPS) is 35.2. The minimum atomic E-state index is 0.541. The fourth-order valence-corrected chi connectivity index (χ4v) is 2.07. The molecule has 2 atom stereocenters. The summed E-state index contributed by atoms with van der Waals surface area (Å²) in [4.78, 5) is 0. The second-order valence-electron chi connectivity index (χ2n) is 3.78. The van der Waals surface area contributed by atoms with Crippen molar-refractivity contribution in [3.05, 3.63) is 0 Å². The van der Waals surface area contributed by atoms with Gasteiger partial charge in [0.2, 0.25) is 0 Å². The Morgan fingerprint density at radius 2 is 1.33 bits per heavy atom. The van der Waals surface area contributed by atoms with Gasteiger partial charge < -0.3 is 4.74 Å². The molecule has 1 heteroatoms. The van der Waals surface area contributed by atoms with Gasteiger partial charge in [0, 0.05) is 7.11 Å². The predicted octanol–water partition coefficient (Wildman–Crippen LogP) is 3.48. The summed E-state index contributed by atoms with van der Waals surface area (Å²) in [5.74, 6) is 1.74. The molecule has 2 unspecified atom stereocenters. The quantitative estimate of drug-likeness (QED) is 0.588. The Morgan fingerprint density at radius 3 is 1.67 bits per heavy atom. The highest BCUT2D eigenvalue weighted by Crippen LogP contribution is 2.29. The largest absolute Gasteiger partial charge is 0.381 e. The lowest BCUT2D eigenvalue weighted by atomic mass is 9.82. The molecule has 0 aromatic heterocycles. The Labute approximate surface area is 77.5 Å². The molecule has 1 saturated carbocycles. The predicted molar refractivity (Wildman–Crippen MR) is 54.3 cm³/mol. The molecule has 0 aromatic rings. The van der Waals surface area contributed by atoms with Gasteiger partial charge in [0.15, 0.2) is 0 Å². The summed E-state index contributed by atoms with van der Waals surface area (Å²) in [7, 11) is 1.83. The molecule has 0 aromatic carbocycles. The molecular formula is C11H24O. The summed E-state index contributed by atoms with van der Waals surface area (Å²) >= 11 is 0. The number of ether oxygens (including phenoxy) is 1. The lowest BCUT2D eigenvalue weighted by Crippen LogP contribution is -2.24. The summed E-state index contributed by atoms with van der Waals surface area (Å²) in [6.45, 7) is 8.64. The number of methoxy groups -OCH3 is 1. The first-order valence-corrected chi connectivity index (χ1v) is 5.25. The van der Waals surface area contributed by atoms with Crippen LogP contribution in [-0.2, 0) is 4.74 Å². The Morgan fingerprint density at radius 1 is 0.917 bits per heavy atom. The van der Waals surface area contributed by atoms with E-state index in [-0.39, 0.29) is 0 Å². The maximum atomic E-state index is 5.33. The zero-order chi connectivity index (χ0) is 9.56. The molecule has 74 valence electrons. The standard InChI is InChI=1S/C9H18O.C2H6/c1-7-4-8(2)6-9(5-7)10-3;1-2/h7-9H,4-6H2,1-3H3;1-2H3. The lowest BCUT2D eigenvalue weighted by molar-refractivity contribution is 0.0355. The highest BCUT2D eigenvalue weighted by atomic mass is 16.5. The van der Waals surface area contributed by atoms with Crippen LogP contribution in [0.3, 0.4) is 0 Å². The Bertz CT molecular complexity index is 91.2. The minimum absolute atomic E-state index is 0.541. The zero-order valence-electron chi connectivity index (χ0n) is 9.26. The van der Waals surface area contributed by atoms with Gasteiger partial charge in [-0.15, -0.1) is 0 Å². The summed E-state index contributed by atoms with van der Waals surface area (Å²) in [5.41, 5.74) is 0. The average Bonchev–Trinajstić information content (AvgIpc) is 2.06. The van der Waals surface area contributed by atoms with E-state index in [0.29, 0.717) is 6.10 Å². The first-order valence-electron chi connectivity index (χ1n) is 5.25. The van der Waals surface area contributed by atoms with Gasteiger partial charge in [-0.1, -0.05) is 27.7 Å². The van der Waals surface area contributed by atoms with E-state index in [4.69, 9.17) is 4.74 Å². The molecule has 0 radical (unpaired) electrons. The monoisotopic (exact) mass is 172 g/mol. The molecule has 1 fully saturated rings. The molecule has 1 aliphatic carbocycles. The topological polar surface area (TPSA) is 9.23 Å². The van der Waals surface area contributed by atoms with Crippen molar-refractivity contribution in [2.45, 2.75) is 53.1 Å². The van der Waals surface area contributed by atoms with E-state index in [1.54, 1.807) is 0 Å². The maximum absolute atomic E-state index is 5.33. The number of rotatable bonds is 1. The molecule has 1 rings (SSSR count). The summed E-state index contributed by atoms with van der Waals surface area (Å²) in [6, 6.07) is 0. The Hall–Kier alpha value is -0.0400. The minimum Gasteiger partial charge on any atom is -0.381 e. The molecule has 0 amide bonds. The molecule has 0 spiro atoms. The van der Waals surface area contributed by atoms with Crippen LogP contribution in [0.15, 0.2) is 0 Å². The third-order valence-corrected chi connectivity index (χ3v) is 2.47. The van der Waals surface area contributed by atoms with Crippen LogP contribution in [0.1, 0.15) is 47.0 Å². The summed E-state index contributed by atoms with van der Waals surface area (Å²) in [6.07, 6.45) is 4.46. The fourth-order valence-electron chi connectivity index (χ4n) is 2.07. The highest BCUT2D eigenvalue weighted by molar-refractivity contribution is 4.74.